The van der Waals surface area contributed by atoms with Gasteiger partial charge < -0.3 is 15.4 Å². The number of benzene rings is 1. The van der Waals surface area contributed by atoms with Crippen LogP contribution in [0, 0.1) is 5.82 Å². The van der Waals surface area contributed by atoms with Crippen molar-refractivity contribution in [3.63, 3.8) is 0 Å². The summed E-state index contributed by atoms with van der Waals surface area (Å²) in [5.74, 6) is -0.132. The zero-order valence-electron chi connectivity index (χ0n) is 12.2. The van der Waals surface area contributed by atoms with Crippen molar-refractivity contribution in [3.8, 4) is 0 Å². The van der Waals surface area contributed by atoms with Crippen molar-refractivity contribution in [2.24, 2.45) is 5.73 Å². The van der Waals surface area contributed by atoms with Crippen molar-refractivity contribution < 1.29 is 13.9 Å². The lowest BCUT2D eigenvalue weighted by atomic mass is 9.79. The molecule has 0 saturated heterocycles. The monoisotopic (exact) mass is 314 g/mol. The van der Waals surface area contributed by atoms with Crippen LogP contribution in [0.3, 0.4) is 0 Å². The highest BCUT2D eigenvalue weighted by Gasteiger charge is 2.34. The molecule has 1 aromatic carbocycles. The van der Waals surface area contributed by atoms with Crippen molar-refractivity contribution in [2.45, 2.75) is 37.3 Å². The van der Waals surface area contributed by atoms with Gasteiger partial charge in [0.2, 0.25) is 0 Å². The van der Waals surface area contributed by atoms with E-state index in [9.17, 15) is 9.18 Å². The fourth-order valence-corrected chi connectivity index (χ4v) is 3.29. The van der Waals surface area contributed by atoms with Crippen LogP contribution in [0.1, 0.15) is 30.7 Å². The summed E-state index contributed by atoms with van der Waals surface area (Å²) in [6.45, 7) is 0. The van der Waals surface area contributed by atoms with Crippen LogP contribution in [0.25, 0.3) is 0 Å². The van der Waals surface area contributed by atoms with Gasteiger partial charge in [0.25, 0.3) is 0 Å². The first-order valence-corrected chi connectivity index (χ1v) is 7.33. The lowest BCUT2D eigenvalue weighted by Crippen LogP contribution is -2.46. The molecule has 1 aliphatic rings. The van der Waals surface area contributed by atoms with Crippen LogP contribution in [-0.4, -0.2) is 37.2 Å². The molecule has 0 aromatic heterocycles. The molecule has 0 unspecified atom stereocenters. The molecule has 1 saturated carbocycles. The highest BCUT2D eigenvalue weighted by atomic mass is 35.5. The van der Waals surface area contributed by atoms with Crippen molar-refractivity contribution in [1.82, 2.24) is 4.90 Å². The lowest BCUT2D eigenvalue weighted by Gasteiger charge is -2.39. The molecule has 3 atom stereocenters. The van der Waals surface area contributed by atoms with Gasteiger partial charge in [-0.2, -0.15) is 0 Å². The van der Waals surface area contributed by atoms with E-state index in [1.165, 1.54) is 12.1 Å². The minimum atomic E-state index is -0.751. The third kappa shape index (κ3) is 4.08. The number of nitrogens with zero attached hydrogens (tertiary/aromatic N) is 1. The summed E-state index contributed by atoms with van der Waals surface area (Å²) in [7, 11) is 3.87. The maximum Gasteiger partial charge on any atom is 0.404 e. The first kappa shape index (κ1) is 16.0. The Morgan fingerprint density at radius 2 is 2.10 bits per heavy atom. The van der Waals surface area contributed by atoms with Crippen LogP contribution in [0.4, 0.5) is 9.18 Å². The van der Waals surface area contributed by atoms with Gasteiger partial charge >= 0.3 is 6.09 Å². The quantitative estimate of drug-likeness (QED) is 0.932. The summed E-state index contributed by atoms with van der Waals surface area (Å²) >= 11 is 5.93. The van der Waals surface area contributed by atoms with Gasteiger partial charge in [0.15, 0.2) is 0 Å². The van der Waals surface area contributed by atoms with Gasteiger partial charge in [-0.05, 0) is 63.0 Å². The molecule has 21 heavy (non-hydrogen) atoms. The number of amides is 1. The Labute approximate surface area is 129 Å². The first-order valence-electron chi connectivity index (χ1n) is 6.95. The highest BCUT2D eigenvalue weighted by molar-refractivity contribution is 6.30. The second-order valence-corrected chi connectivity index (χ2v) is 6.16. The number of hydrogen-bond donors (Lipinski definition) is 1. The number of primary amides is 1. The lowest BCUT2D eigenvalue weighted by molar-refractivity contribution is 0.0195. The van der Waals surface area contributed by atoms with Crippen molar-refractivity contribution in [2.75, 3.05) is 14.1 Å². The maximum absolute atomic E-state index is 13.5. The number of carbonyl (C=O) groups excluding carboxylic acids is 1. The molecule has 1 aromatic rings. The van der Waals surface area contributed by atoms with E-state index in [4.69, 9.17) is 22.1 Å². The van der Waals surface area contributed by atoms with E-state index in [2.05, 4.69) is 0 Å². The second-order valence-electron chi connectivity index (χ2n) is 5.72. The van der Waals surface area contributed by atoms with E-state index >= 15 is 0 Å². The summed E-state index contributed by atoms with van der Waals surface area (Å²) in [4.78, 5) is 13.0. The van der Waals surface area contributed by atoms with Gasteiger partial charge in [0, 0.05) is 11.1 Å². The van der Waals surface area contributed by atoms with Gasteiger partial charge in [-0.15, -0.1) is 0 Å². The fourth-order valence-electron chi connectivity index (χ4n) is 3.06. The average molecular weight is 315 g/mol. The number of halogens is 2. The number of hydrogen-bond acceptors (Lipinski definition) is 3. The zero-order valence-corrected chi connectivity index (χ0v) is 12.9. The number of nitrogens with two attached hydrogens (primary N) is 1. The SMILES string of the molecule is CN(C)[C@H]1C[C@@H](c2cc(F)cc(Cl)c2)CC[C@@H]1OC(N)=O. The van der Waals surface area contributed by atoms with Crippen LogP contribution < -0.4 is 5.73 Å². The smallest absolute Gasteiger partial charge is 0.404 e. The largest absolute Gasteiger partial charge is 0.445 e. The van der Waals surface area contributed by atoms with Crippen LogP contribution in [0.2, 0.25) is 5.02 Å². The molecule has 0 heterocycles. The van der Waals surface area contributed by atoms with Crippen LogP contribution in [0.15, 0.2) is 18.2 Å². The molecular weight excluding hydrogens is 295 g/mol. The Morgan fingerprint density at radius 3 is 2.67 bits per heavy atom. The van der Waals surface area contributed by atoms with Gasteiger partial charge in [0.1, 0.15) is 11.9 Å². The molecule has 2 rings (SSSR count). The number of rotatable bonds is 3. The zero-order chi connectivity index (χ0) is 15.6. The second kappa shape index (κ2) is 6.62. The third-order valence-corrected chi connectivity index (χ3v) is 4.26. The molecule has 1 aliphatic carbocycles. The molecule has 116 valence electrons. The molecule has 4 nitrogen and oxygen atoms in total. The van der Waals surface area contributed by atoms with E-state index in [1.807, 2.05) is 19.0 Å². The third-order valence-electron chi connectivity index (χ3n) is 4.04. The van der Waals surface area contributed by atoms with E-state index in [-0.39, 0.29) is 23.9 Å². The summed E-state index contributed by atoms with van der Waals surface area (Å²) in [6, 6.07) is 4.69. The Hall–Kier alpha value is -1.33. The molecule has 0 radical (unpaired) electrons. The number of carbonyl (C=O) groups is 1. The number of likely N-dealkylation sites (N-methyl/N-ethyl adjacent to an activating group) is 1. The maximum atomic E-state index is 13.5. The minimum Gasteiger partial charge on any atom is -0.445 e. The van der Waals surface area contributed by atoms with E-state index in [0.717, 1.165) is 18.4 Å². The molecule has 0 bridgehead atoms. The molecule has 1 amide bonds. The topological polar surface area (TPSA) is 55.6 Å². The normalized spacial score (nSPS) is 25.9. The molecule has 6 heteroatoms. The Bertz CT molecular complexity index is 504. The van der Waals surface area contributed by atoms with E-state index < -0.39 is 6.09 Å². The Balaban J connectivity index is 2.16. The molecule has 0 spiro atoms. The summed E-state index contributed by atoms with van der Waals surface area (Å²) in [5, 5.41) is 0.405. The molecular formula is C15H20ClFN2O2. The van der Waals surface area contributed by atoms with Crippen LogP contribution in [0.5, 0.6) is 0 Å². The Morgan fingerprint density at radius 1 is 1.38 bits per heavy atom. The summed E-state index contributed by atoms with van der Waals surface area (Å²) < 4.78 is 18.7. The van der Waals surface area contributed by atoms with Gasteiger partial charge in [-0.1, -0.05) is 11.6 Å². The van der Waals surface area contributed by atoms with Gasteiger partial charge in [-0.25, -0.2) is 9.18 Å². The van der Waals surface area contributed by atoms with Gasteiger partial charge in [-0.3, -0.25) is 0 Å². The van der Waals surface area contributed by atoms with Crippen LogP contribution in [-0.2, 0) is 4.74 Å². The summed E-state index contributed by atoms with van der Waals surface area (Å²) in [5.41, 5.74) is 6.02. The predicted octanol–water partition coefficient (Wildman–Crippen LogP) is 3.14. The first-order chi connectivity index (χ1) is 9.86. The minimum absolute atomic E-state index is 0.0540. The van der Waals surface area contributed by atoms with Crippen molar-refractivity contribution >= 4 is 17.7 Å². The molecule has 2 N–H and O–H groups in total. The average Bonchev–Trinajstić information content (AvgIpc) is 2.37. The molecule has 0 aliphatic heterocycles. The summed E-state index contributed by atoms with van der Waals surface area (Å²) in [6.07, 6.45) is 1.30. The Kier molecular flexibility index (Phi) is 5.06. The number of ether oxygens (including phenoxy) is 1. The van der Waals surface area contributed by atoms with Crippen molar-refractivity contribution in [1.29, 1.82) is 0 Å². The van der Waals surface area contributed by atoms with Gasteiger partial charge in [0.05, 0.1) is 0 Å². The van der Waals surface area contributed by atoms with E-state index in [1.54, 1.807) is 6.07 Å². The van der Waals surface area contributed by atoms with Crippen LogP contribution >= 0.6 is 11.6 Å². The standard InChI is InChI=1S/C15H20ClFN2O2/c1-19(2)13-7-9(3-4-14(13)21-15(18)20)10-5-11(16)8-12(17)6-10/h5-6,8-9,13-14H,3-4,7H2,1-2H3,(H2,18,20)/t9-,13-,14-/m0/s1. The highest BCUT2D eigenvalue weighted by Crippen LogP contribution is 2.37. The molecule has 1 fully saturated rings. The fraction of sp³-hybridized carbons (Fsp3) is 0.533. The van der Waals surface area contributed by atoms with Crippen molar-refractivity contribution in [3.05, 3.63) is 34.6 Å². The van der Waals surface area contributed by atoms with E-state index in [0.29, 0.717) is 11.4 Å². The predicted molar refractivity (Wildman–Crippen MR) is 79.9 cm³/mol.